The summed E-state index contributed by atoms with van der Waals surface area (Å²) in [7, 11) is 0. The maximum Gasteiger partial charge on any atom is 0.471 e. The molecule has 3 rings (SSSR count). The van der Waals surface area contributed by atoms with Gasteiger partial charge in [0.1, 0.15) is 11.6 Å². The number of hydrogen-bond donors (Lipinski definition) is 1. The van der Waals surface area contributed by atoms with Gasteiger partial charge in [0.25, 0.3) is 0 Å². The monoisotopic (exact) mass is 356 g/mol. The third kappa shape index (κ3) is 4.22. The number of rotatable bonds is 3. The number of piperidine rings is 1. The van der Waals surface area contributed by atoms with Crippen LogP contribution in [0.15, 0.2) is 0 Å². The lowest BCUT2D eigenvalue weighted by molar-refractivity contribution is -0.186. The Morgan fingerprint density at radius 3 is 2.56 bits per heavy atom. The van der Waals surface area contributed by atoms with Crippen LogP contribution < -0.4 is 5.32 Å². The van der Waals surface area contributed by atoms with Gasteiger partial charge in [-0.2, -0.15) is 13.2 Å². The minimum Gasteiger partial charge on any atom is -0.369 e. The Balaban J connectivity index is 1.56. The minimum absolute atomic E-state index is 0.158. The van der Waals surface area contributed by atoms with Crippen molar-refractivity contribution in [2.24, 2.45) is 5.92 Å². The second kappa shape index (κ2) is 7.17. The zero-order valence-electron chi connectivity index (χ0n) is 14.3. The molecule has 2 heterocycles. The van der Waals surface area contributed by atoms with Gasteiger partial charge in [0.05, 0.1) is 0 Å². The number of anilines is 1. The third-order valence-corrected chi connectivity index (χ3v) is 5.00. The van der Waals surface area contributed by atoms with Gasteiger partial charge in [0.2, 0.25) is 0 Å². The van der Waals surface area contributed by atoms with E-state index in [2.05, 4.69) is 15.3 Å². The first-order valence-corrected chi connectivity index (χ1v) is 8.81. The molecule has 0 aromatic carbocycles. The Labute approximate surface area is 145 Å². The maximum absolute atomic E-state index is 12.5. The number of fused-ring (bicyclic) bond motifs is 1. The second-order valence-corrected chi connectivity index (χ2v) is 6.87. The average Bonchev–Trinajstić information content (AvgIpc) is 2.58. The SMILES string of the molecule is Cc1nc2c(c(NCC3CCN(C(=O)C(F)(F)F)CC3)n1)CCCC2. The molecule has 138 valence electrons. The first-order valence-electron chi connectivity index (χ1n) is 8.81. The van der Waals surface area contributed by atoms with Crippen molar-refractivity contribution in [1.29, 1.82) is 0 Å². The first kappa shape index (κ1) is 17.9. The lowest BCUT2D eigenvalue weighted by atomic mass is 9.95. The van der Waals surface area contributed by atoms with Crippen molar-refractivity contribution < 1.29 is 18.0 Å². The maximum atomic E-state index is 12.5. The number of nitrogens with one attached hydrogen (secondary N) is 1. The third-order valence-electron chi connectivity index (χ3n) is 5.00. The highest BCUT2D eigenvalue weighted by atomic mass is 19.4. The van der Waals surface area contributed by atoms with E-state index in [0.717, 1.165) is 47.9 Å². The molecule has 1 saturated heterocycles. The highest BCUT2D eigenvalue weighted by Crippen LogP contribution is 2.27. The van der Waals surface area contributed by atoms with E-state index >= 15 is 0 Å². The van der Waals surface area contributed by atoms with E-state index in [1.165, 1.54) is 5.56 Å². The number of amides is 1. The topological polar surface area (TPSA) is 58.1 Å². The quantitative estimate of drug-likeness (QED) is 0.905. The number of aromatic nitrogens is 2. The van der Waals surface area contributed by atoms with E-state index in [9.17, 15) is 18.0 Å². The molecule has 1 aliphatic heterocycles. The molecule has 0 radical (unpaired) electrons. The van der Waals surface area contributed by atoms with E-state index in [0.29, 0.717) is 19.4 Å². The Hall–Kier alpha value is -1.86. The molecule has 1 aromatic heterocycles. The van der Waals surface area contributed by atoms with E-state index in [1.54, 1.807) is 0 Å². The fraction of sp³-hybridized carbons (Fsp3) is 0.706. The molecule has 0 bridgehead atoms. The van der Waals surface area contributed by atoms with Crippen LogP contribution in [0, 0.1) is 12.8 Å². The molecule has 0 unspecified atom stereocenters. The summed E-state index contributed by atoms with van der Waals surface area (Å²) >= 11 is 0. The van der Waals surface area contributed by atoms with E-state index < -0.39 is 12.1 Å². The summed E-state index contributed by atoms with van der Waals surface area (Å²) in [5.41, 5.74) is 2.30. The van der Waals surface area contributed by atoms with Crippen molar-refractivity contribution in [2.75, 3.05) is 25.0 Å². The predicted octanol–water partition coefficient (Wildman–Crippen LogP) is 2.88. The van der Waals surface area contributed by atoms with E-state index in [1.807, 2.05) is 6.92 Å². The number of likely N-dealkylation sites (tertiary alicyclic amines) is 1. The summed E-state index contributed by atoms with van der Waals surface area (Å²) < 4.78 is 37.4. The van der Waals surface area contributed by atoms with Crippen LogP contribution in [0.1, 0.15) is 42.8 Å². The van der Waals surface area contributed by atoms with Crippen LogP contribution >= 0.6 is 0 Å². The second-order valence-electron chi connectivity index (χ2n) is 6.87. The fourth-order valence-electron chi connectivity index (χ4n) is 3.62. The zero-order chi connectivity index (χ0) is 18.0. The minimum atomic E-state index is -4.78. The largest absolute Gasteiger partial charge is 0.471 e. The van der Waals surface area contributed by atoms with Gasteiger partial charge < -0.3 is 10.2 Å². The average molecular weight is 356 g/mol. The molecule has 1 N–H and O–H groups in total. The summed E-state index contributed by atoms with van der Waals surface area (Å²) in [5.74, 6) is 0.135. The van der Waals surface area contributed by atoms with Crippen molar-refractivity contribution in [3.63, 3.8) is 0 Å². The van der Waals surface area contributed by atoms with Crippen LogP contribution in [0.4, 0.5) is 19.0 Å². The van der Waals surface area contributed by atoms with E-state index in [-0.39, 0.29) is 19.0 Å². The normalized spacial score (nSPS) is 18.8. The number of aryl methyl sites for hydroxylation is 2. The predicted molar refractivity (Wildman–Crippen MR) is 87.3 cm³/mol. The van der Waals surface area contributed by atoms with Crippen molar-refractivity contribution in [1.82, 2.24) is 14.9 Å². The van der Waals surface area contributed by atoms with Gasteiger partial charge in [-0.25, -0.2) is 9.97 Å². The van der Waals surface area contributed by atoms with Crippen molar-refractivity contribution in [2.45, 2.75) is 51.6 Å². The standard InChI is InChI=1S/C17H23F3N4O/c1-11-22-14-5-3-2-4-13(14)15(23-11)21-10-12-6-8-24(9-7-12)16(25)17(18,19)20/h12H,2-10H2,1H3,(H,21,22,23). The molecular weight excluding hydrogens is 333 g/mol. The smallest absolute Gasteiger partial charge is 0.369 e. The molecule has 0 atom stereocenters. The molecule has 2 aliphatic rings. The van der Waals surface area contributed by atoms with Gasteiger partial charge in [0.15, 0.2) is 0 Å². The molecule has 5 nitrogen and oxygen atoms in total. The molecule has 1 amide bonds. The fourth-order valence-corrected chi connectivity index (χ4v) is 3.62. The van der Waals surface area contributed by atoms with Crippen LogP contribution in [-0.2, 0) is 17.6 Å². The molecule has 0 spiro atoms. The van der Waals surface area contributed by atoms with Gasteiger partial charge in [-0.1, -0.05) is 0 Å². The molecule has 1 aromatic rings. The number of halogens is 3. The lowest BCUT2D eigenvalue weighted by Gasteiger charge is -2.32. The van der Waals surface area contributed by atoms with Gasteiger partial charge >= 0.3 is 12.1 Å². The highest BCUT2D eigenvalue weighted by molar-refractivity contribution is 5.81. The van der Waals surface area contributed by atoms with Crippen LogP contribution in [0.25, 0.3) is 0 Å². The lowest BCUT2D eigenvalue weighted by Crippen LogP contribution is -2.46. The van der Waals surface area contributed by atoms with Crippen molar-refractivity contribution in [3.8, 4) is 0 Å². The van der Waals surface area contributed by atoms with Gasteiger partial charge in [0, 0.05) is 30.9 Å². The van der Waals surface area contributed by atoms with Crippen LogP contribution in [0.5, 0.6) is 0 Å². The Kier molecular flexibility index (Phi) is 5.15. The van der Waals surface area contributed by atoms with Crippen LogP contribution in [0.2, 0.25) is 0 Å². The summed E-state index contributed by atoms with van der Waals surface area (Å²) in [5, 5.41) is 3.38. The molecule has 8 heteroatoms. The summed E-state index contributed by atoms with van der Waals surface area (Å²) in [6.45, 7) is 2.86. The molecule has 25 heavy (non-hydrogen) atoms. The van der Waals surface area contributed by atoms with Crippen LogP contribution in [0.3, 0.4) is 0 Å². The summed E-state index contributed by atoms with van der Waals surface area (Å²) in [6.07, 6.45) is 0.590. The first-order chi connectivity index (χ1) is 11.8. The van der Waals surface area contributed by atoms with E-state index in [4.69, 9.17) is 0 Å². The molecule has 1 fully saturated rings. The highest BCUT2D eigenvalue weighted by Gasteiger charge is 2.43. The van der Waals surface area contributed by atoms with Gasteiger partial charge in [-0.05, 0) is 51.4 Å². The summed E-state index contributed by atoms with van der Waals surface area (Å²) in [4.78, 5) is 21.2. The number of nitrogens with zero attached hydrogens (tertiary/aromatic N) is 3. The number of hydrogen-bond acceptors (Lipinski definition) is 4. The van der Waals surface area contributed by atoms with Gasteiger partial charge in [-0.15, -0.1) is 0 Å². The number of alkyl halides is 3. The number of carbonyl (C=O) groups excluding carboxylic acids is 1. The molecule has 0 saturated carbocycles. The summed E-state index contributed by atoms with van der Waals surface area (Å²) in [6, 6.07) is 0. The van der Waals surface area contributed by atoms with Crippen molar-refractivity contribution in [3.05, 3.63) is 17.1 Å². The molecular formula is C17H23F3N4O. The Morgan fingerprint density at radius 1 is 1.20 bits per heavy atom. The molecule has 1 aliphatic carbocycles. The van der Waals surface area contributed by atoms with Gasteiger partial charge in [-0.3, -0.25) is 4.79 Å². The zero-order valence-corrected chi connectivity index (χ0v) is 14.3. The Morgan fingerprint density at radius 2 is 1.88 bits per heavy atom. The van der Waals surface area contributed by atoms with Crippen LogP contribution in [-0.4, -0.2) is 46.6 Å². The number of carbonyl (C=O) groups is 1. The Bertz CT molecular complexity index is 640. The van der Waals surface area contributed by atoms with Crippen molar-refractivity contribution >= 4 is 11.7 Å².